The first-order valence-electron chi connectivity index (χ1n) is 7.23. The summed E-state index contributed by atoms with van der Waals surface area (Å²) in [5, 5.41) is 4.18. The number of likely N-dealkylation sites (tertiary alicyclic amines) is 1. The standard InChI is InChI=1S/C14H19N5O2/c1-10(2)13-12(16-9-21-13)14(20)18-5-3-4-11(6-18)19-8-15-7-17-19/h7-11H,3-6H2,1-2H3. The average molecular weight is 289 g/mol. The third-order valence-corrected chi connectivity index (χ3v) is 3.82. The van der Waals surface area contributed by atoms with Crippen LogP contribution in [0.5, 0.6) is 0 Å². The Kier molecular flexibility index (Phi) is 3.72. The van der Waals surface area contributed by atoms with Gasteiger partial charge in [-0.1, -0.05) is 13.8 Å². The summed E-state index contributed by atoms with van der Waals surface area (Å²) in [6, 6.07) is 0.180. The number of hydrogen-bond donors (Lipinski definition) is 0. The van der Waals surface area contributed by atoms with E-state index < -0.39 is 0 Å². The third kappa shape index (κ3) is 2.68. The number of aromatic nitrogens is 4. The summed E-state index contributed by atoms with van der Waals surface area (Å²) < 4.78 is 7.18. The van der Waals surface area contributed by atoms with Crippen molar-refractivity contribution in [2.75, 3.05) is 13.1 Å². The van der Waals surface area contributed by atoms with Gasteiger partial charge < -0.3 is 9.32 Å². The van der Waals surface area contributed by atoms with E-state index in [4.69, 9.17) is 4.42 Å². The third-order valence-electron chi connectivity index (χ3n) is 3.82. The first-order valence-corrected chi connectivity index (χ1v) is 7.23. The van der Waals surface area contributed by atoms with Crippen LogP contribution in [0.4, 0.5) is 0 Å². The molecule has 0 bridgehead atoms. The van der Waals surface area contributed by atoms with Gasteiger partial charge in [-0.2, -0.15) is 5.10 Å². The Morgan fingerprint density at radius 1 is 1.48 bits per heavy atom. The molecule has 3 rings (SSSR count). The van der Waals surface area contributed by atoms with Gasteiger partial charge in [0.15, 0.2) is 12.1 Å². The van der Waals surface area contributed by atoms with Crippen LogP contribution in [0.25, 0.3) is 0 Å². The molecule has 3 heterocycles. The molecular formula is C14H19N5O2. The maximum absolute atomic E-state index is 12.7. The van der Waals surface area contributed by atoms with Crippen LogP contribution in [-0.2, 0) is 0 Å². The summed E-state index contributed by atoms with van der Waals surface area (Å²) in [4.78, 5) is 22.6. The summed E-state index contributed by atoms with van der Waals surface area (Å²) in [6.07, 6.45) is 6.53. The van der Waals surface area contributed by atoms with Crippen LogP contribution in [0.3, 0.4) is 0 Å². The van der Waals surface area contributed by atoms with Crippen LogP contribution in [0.1, 0.15) is 54.9 Å². The number of nitrogens with zero attached hydrogens (tertiary/aromatic N) is 5. The van der Waals surface area contributed by atoms with Gasteiger partial charge in [-0.15, -0.1) is 0 Å². The number of hydrogen-bond acceptors (Lipinski definition) is 5. The quantitative estimate of drug-likeness (QED) is 0.862. The van der Waals surface area contributed by atoms with E-state index in [0.717, 1.165) is 19.4 Å². The summed E-state index contributed by atoms with van der Waals surface area (Å²) in [5.74, 6) is 0.738. The first kappa shape index (κ1) is 13.8. The van der Waals surface area contributed by atoms with Gasteiger partial charge in [0.1, 0.15) is 18.4 Å². The highest BCUT2D eigenvalue weighted by molar-refractivity contribution is 5.93. The van der Waals surface area contributed by atoms with E-state index >= 15 is 0 Å². The molecule has 1 saturated heterocycles. The first-order chi connectivity index (χ1) is 10.2. The van der Waals surface area contributed by atoms with Crippen LogP contribution < -0.4 is 0 Å². The Labute approximate surface area is 123 Å². The summed E-state index contributed by atoms with van der Waals surface area (Å²) in [7, 11) is 0. The fourth-order valence-corrected chi connectivity index (χ4v) is 2.74. The lowest BCUT2D eigenvalue weighted by Crippen LogP contribution is -2.41. The summed E-state index contributed by atoms with van der Waals surface area (Å²) >= 11 is 0. The molecule has 1 amide bonds. The van der Waals surface area contributed by atoms with E-state index in [-0.39, 0.29) is 17.9 Å². The van der Waals surface area contributed by atoms with E-state index in [0.29, 0.717) is 18.0 Å². The predicted molar refractivity (Wildman–Crippen MR) is 74.8 cm³/mol. The molecular weight excluding hydrogens is 270 g/mol. The van der Waals surface area contributed by atoms with E-state index in [1.165, 1.54) is 12.7 Å². The molecule has 0 aliphatic carbocycles. The van der Waals surface area contributed by atoms with Crippen molar-refractivity contribution >= 4 is 5.91 Å². The molecule has 1 atom stereocenters. The average Bonchev–Trinajstić information content (AvgIpc) is 3.17. The molecule has 0 aromatic carbocycles. The van der Waals surface area contributed by atoms with Gasteiger partial charge in [0.25, 0.3) is 5.91 Å². The molecule has 7 heteroatoms. The molecule has 0 radical (unpaired) electrons. The Morgan fingerprint density at radius 3 is 3.05 bits per heavy atom. The number of carbonyl (C=O) groups is 1. The van der Waals surface area contributed by atoms with Gasteiger partial charge in [-0.3, -0.25) is 4.79 Å². The molecule has 1 unspecified atom stereocenters. The molecule has 0 spiro atoms. The molecule has 7 nitrogen and oxygen atoms in total. The monoisotopic (exact) mass is 289 g/mol. The number of rotatable bonds is 3. The van der Waals surface area contributed by atoms with Crippen LogP contribution in [-0.4, -0.2) is 43.6 Å². The molecule has 2 aromatic heterocycles. The minimum Gasteiger partial charge on any atom is -0.447 e. The lowest BCUT2D eigenvalue weighted by molar-refractivity contribution is 0.0664. The van der Waals surface area contributed by atoms with Crippen molar-refractivity contribution in [2.24, 2.45) is 0 Å². The van der Waals surface area contributed by atoms with E-state index in [9.17, 15) is 4.79 Å². The molecule has 2 aromatic rings. The van der Waals surface area contributed by atoms with Gasteiger partial charge in [-0.05, 0) is 12.8 Å². The SMILES string of the molecule is CC(C)c1ocnc1C(=O)N1CCCC(n2cncn2)C1. The molecule has 0 saturated carbocycles. The minimum atomic E-state index is -0.0581. The zero-order chi connectivity index (χ0) is 14.8. The number of piperidine rings is 1. The van der Waals surface area contributed by atoms with Crippen molar-refractivity contribution in [3.05, 3.63) is 30.5 Å². The van der Waals surface area contributed by atoms with E-state index in [1.807, 2.05) is 23.4 Å². The van der Waals surface area contributed by atoms with Crippen LogP contribution in [0, 0.1) is 0 Å². The maximum Gasteiger partial charge on any atom is 0.276 e. The highest BCUT2D eigenvalue weighted by Crippen LogP contribution is 2.24. The Bertz CT molecular complexity index is 605. The smallest absolute Gasteiger partial charge is 0.276 e. The van der Waals surface area contributed by atoms with Crippen molar-refractivity contribution in [3.63, 3.8) is 0 Å². The molecule has 1 fully saturated rings. The number of oxazole rings is 1. The zero-order valence-corrected chi connectivity index (χ0v) is 12.3. The van der Waals surface area contributed by atoms with E-state index in [1.54, 1.807) is 6.33 Å². The van der Waals surface area contributed by atoms with Gasteiger partial charge in [-0.25, -0.2) is 14.6 Å². The fourth-order valence-electron chi connectivity index (χ4n) is 2.74. The molecule has 112 valence electrons. The Balaban J connectivity index is 1.77. The summed E-state index contributed by atoms with van der Waals surface area (Å²) in [6.45, 7) is 5.36. The highest BCUT2D eigenvalue weighted by Gasteiger charge is 2.29. The minimum absolute atomic E-state index is 0.0581. The largest absolute Gasteiger partial charge is 0.447 e. The van der Waals surface area contributed by atoms with Crippen molar-refractivity contribution in [2.45, 2.75) is 38.6 Å². The van der Waals surface area contributed by atoms with Crippen molar-refractivity contribution in [1.82, 2.24) is 24.6 Å². The lowest BCUT2D eigenvalue weighted by atomic mass is 10.0. The number of carbonyl (C=O) groups excluding carboxylic acids is 1. The molecule has 1 aliphatic rings. The van der Waals surface area contributed by atoms with Crippen molar-refractivity contribution in [3.8, 4) is 0 Å². The van der Waals surface area contributed by atoms with Crippen LogP contribution in [0.2, 0.25) is 0 Å². The normalized spacial score (nSPS) is 19.2. The maximum atomic E-state index is 12.7. The second-order valence-electron chi connectivity index (χ2n) is 5.64. The lowest BCUT2D eigenvalue weighted by Gasteiger charge is -2.32. The highest BCUT2D eigenvalue weighted by atomic mass is 16.3. The second kappa shape index (κ2) is 5.67. The van der Waals surface area contributed by atoms with Crippen molar-refractivity contribution in [1.29, 1.82) is 0 Å². The topological polar surface area (TPSA) is 77.0 Å². The second-order valence-corrected chi connectivity index (χ2v) is 5.64. The van der Waals surface area contributed by atoms with Gasteiger partial charge in [0, 0.05) is 19.0 Å². The van der Waals surface area contributed by atoms with Crippen LogP contribution in [0.15, 0.2) is 23.5 Å². The van der Waals surface area contributed by atoms with Gasteiger partial charge in [0.2, 0.25) is 0 Å². The Morgan fingerprint density at radius 2 is 2.33 bits per heavy atom. The molecule has 0 N–H and O–H groups in total. The predicted octanol–water partition coefficient (Wildman–Crippen LogP) is 1.87. The van der Waals surface area contributed by atoms with Gasteiger partial charge >= 0.3 is 0 Å². The Hall–Kier alpha value is -2.18. The molecule has 1 aliphatic heterocycles. The zero-order valence-electron chi connectivity index (χ0n) is 12.3. The molecule has 21 heavy (non-hydrogen) atoms. The summed E-state index contributed by atoms with van der Waals surface area (Å²) in [5.41, 5.74) is 0.434. The fraction of sp³-hybridized carbons (Fsp3) is 0.571. The van der Waals surface area contributed by atoms with E-state index in [2.05, 4.69) is 15.1 Å². The van der Waals surface area contributed by atoms with Crippen molar-refractivity contribution < 1.29 is 9.21 Å². The number of amides is 1. The van der Waals surface area contributed by atoms with Gasteiger partial charge in [0.05, 0.1) is 6.04 Å². The van der Waals surface area contributed by atoms with Crippen LogP contribution >= 0.6 is 0 Å².